The van der Waals surface area contributed by atoms with E-state index in [9.17, 15) is 9.59 Å². The number of benzene rings is 1. The minimum absolute atomic E-state index is 0.0646. The molecule has 0 saturated heterocycles. The lowest BCUT2D eigenvalue weighted by molar-refractivity contribution is 0.0972. The SMILES string of the molecule is COc1ccc(-n2nc(C(N)=O)c(=NC(=O)c3ccco3)s2)cc1. The van der Waals surface area contributed by atoms with Crippen molar-refractivity contribution in [1.29, 1.82) is 0 Å². The van der Waals surface area contributed by atoms with Crippen LogP contribution in [-0.4, -0.2) is 28.1 Å². The average Bonchev–Trinajstić information content (AvgIpc) is 3.24. The quantitative estimate of drug-likeness (QED) is 0.768. The van der Waals surface area contributed by atoms with Crippen molar-refractivity contribution in [3.63, 3.8) is 0 Å². The molecule has 0 atom stereocenters. The van der Waals surface area contributed by atoms with E-state index in [1.807, 2.05) is 0 Å². The molecule has 2 heterocycles. The fourth-order valence-electron chi connectivity index (χ4n) is 1.87. The highest BCUT2D eigenvalue weighted by atomic mass is 32.1. The molecule has 3 aromatic rings. The number of rotatable bonds is 4. The largest absolute Gasteiger partial charge is 0.497 e. The van der Waals surface area contributed by atoms with Crippen molar-refractivity contribution in [1.82, 2.24) is 9.17 Å². The number of carbonyl (C=O) groups excluding carboxylic acids is 2. The van der Waals surface area contributed by atoms with Gasteiger partial charge in [-0.15, -0.1) is 5.10 Å². The monoisotopic (exact) mass is 344 g/mol. The van der Waals surface area contributed by atoms with Crippen molar-refractivity contribution in [3.05, 3.63) is 58.8 Å². The zero-order valence-electron chi connectivity index (χ0n) is 12.5. The van der Waals surface area contributed by atoms with Crippen LogP contribution in [0, 0.1) is 0 Å². The van der Waals surface area contributed by atoms with Gasteiger partial charge < -0.3 is 14.9 Å². The van der Waals surface area contributed by atoms with Crippen LogP contribution in [0.1, 0.15) is 21.0 Å². The second-order valence-corrected chi connectivity index (χ2v) is 5.49. The molecule has 2 N–H and O–H groups in total. The molecule has 122 valence electrons. The molecule has 1 aromatic carbocycles. The molecule has 0 spiro atoms. The third kappa shape index (κ3) is 3.10. The van der Waals surface area contributed by atoms with Gasteiger partial charge in [0.1, 0.15) is 5.75 Å². The molecule has 0 bridgehead atoms. The van der Waals surface area contributed by atoms with Crippen LogP contribution in [0.5, 0.6) is 5.75 Å². The van der Waals surface area contributed by atoms with Gasteiger partial charge in [0.05, 0.1) is 19.1 Å². The Morgan fingerprint density at radius 2 is 2.04 bits per heavy atom. The molecule has 0 aliphatic rings. The first-order valence-corrected chi connectivity index (χ1v) is 7.53. The number of nitrogens with zero attached hydrogens (tertiary/aromatic N) is 3. The summed E-state index contributed by atoms with van der Waals surface area (Å²) >= 11 is 1.01. The van der Waals surface area contributed by atoms with E-state index in [0.29, 0.717) is 11.4 Å². The molecule has 0 saturated carbocycles. The van der Waals surface area contributed by atoms with Gasteiger partial charge >= 0.3 is 5.91 Å². The molecule has 0 aliphatic carbocycles. The first-order valence-electron chi connectivity index (χ1n) is 6.76. The lowest BCUT2D eigenvalue weighted by Gasteiger charge is -2.01. The Balaban J connectivity index is 2.04. The molecule has 24 heavy (non-hydrogen) atoms. The number of primary amides is 1. The molecule has 0 radical (unpaired) electrons. The summed E-state index contributed by atoms with van der Waals surface area (Å²) in [5.74, 6) is -0.642. The number of carbonyl (C=O) groups is 2. The summed E-state index contributed by atoms with van der Waals surface area (Å²) < 4.78 is 11.6. The Morgan fingerprint density at radius 1 is 1.29 bits per heavy atom. The summed E-state index contributed by atoms with van der Waals surface area (Å²) in [4.78, 5) is 27.5. The molecular weight excluding hydrogens is 332 g/mol. The fraction of sp³-hybridized carbons (Fsp3) is 0.0667. The fourth-order valence-corrected chi connectivity index (χ4v) is 2.74. The van der Waals surface area contributed by atoms with E-state index in [1.54, 1.807) is 37.4 Å². The first kappa shape index (κ1) is 15.7. The smallest absolute Gasteiger partial charge is 0.314 e. The normalized spacial score (nSPS) is 11.5. The van der Waals surface area contributed by atoms with Crippen LogP contribution in [-0.2, 0) is 0 Å². The number of ether oxygens (including phenoxy) is 1. The number of nitrogens with two attached hydrogens (primary N) is 1. The molecular formula is C15H12N4O4S. The van der Waals surface area contributed by atoms with E-state index in [0.717, 1.165) is 11.5 Å². The first-order chi connectivity index (χ1) is 11.6. The van der Waals surface area contributed by atoms with Crippen molar-refractivity contribution in [2.45, 2.75) is 0 Å². The highest BCUT2D eigenvalue weighted by Gasteiger charge is 2.15. The Labute approximate surface area is 140 Å². The molecule has 0 aliphatic heterocycles. The summed E-state index contributed by atoms with van der Waals surface area (Å²) in [5, 5.41) is 4.11. The van der Waals surface area contributed by atoms with Gasteiger partial charge in [0.25, 0.3) is 5.91 Å². The molecule has 0 unspecified atom stereocenters. The number of hydrogen-bond donors (Lipinski definition) is 1. The van der Waals surface area contributed by atoms with Gasteiger partial charge in [0, 0.05) is 0 Å². The average molecular weight is 344 g/mol. The lowest BCUT2D eigenvalue weighted by Crippen LogP contribution is -2.20. The molecule has 2 aromatic heterocycles. The zero-order chi connectivity index (χ0) is 17.1. The van der Waals surface area contributed by atoms with Crippen molar-refractivity contribution in [2.75, 3.05) is 7.11 Å². The van der Waals surface area contributed by atoms with Crippen LogP contribution in [0.2, 0.25) is 0 Å². The Kier molecular flexibility index (Phi) is 4.25. The summed E-state index contributed by atoms with van der Waals surface area (Å²) in [6.45, 7) is 0. The van der Waals surface area contributed by atoms with Crippen LogP contribution < -0.4 is 15.1 Å². The van der Waals surface area contributed by atoms with Crippen LogP contribution >= 0.6 is 11.5 Å². The Bertz CT molecular complexity index is 939. The van der Waals surface area contributed by atoms with Gasteiger partial charge in [0.15, 0.2) is 16.1 Å². The van der Waals surface area contributed by atoms with Crippen molar-refractivity contribution >= 4 is 23.3 Å². The van der Waals surface area contributed by atoms with Gasteiger partial charge in [-0.25, -0.2) is 0 Å². The topological polar surface area (TPSA) is 113 Å². The molecule has 0 fully saturated rings. The Hall–Kier alpha value is -3.20. The number of methoxy groups -OCH3 is 1. The van der Waals surface area contributed by atoms with Crippen LogP contribution in [0.15, 0.2) is 52.1 Å². The zero-order valence-corrected chi connectivity index (χ0v) is 13.3. The van der Waals surface area contributed by atoms with Gasteiger partial charge in [-0.3, -0.25) is 9.59 Å². The van der Waals surface area contributed by atoms with E-state index in [2.05, 4.69) is 10.1 Å². The summed E-state index contributed by atoms with van der Waals surface area (Å²) in [6.07, 6.45) is 1.36. The summed E-state index contributed by atoms with van der Waals surface area (Å²) in [6, 6.07) is 10.1. The number of aromatic nitrogens is 2. The highest BCUT2D eigenvalue weighted by molar-refractivity contribution is 7.04. The van der Waals surface area contributed by atoms with Gasteiger partial charge in [-0.05, 0) is 47.9 Å². The molecule has 8 nitrogen and oxygen atoms in total. The standard InChI is InChI=1S/C15H12N4O4S/c1-22-10-6-4-9(5-7-10)19-18-12(13(16)20)15(24-19)17-14(21)11-3-2-8-23-11/h2-8H,1H3,(H2,16,20). The third-order valence-electron chi connectivity index (χ3n) is 3.03. The van der Waals surface area contributed by atoms with Crippen molar-refractivity contribution < 1.29 is 18.7 Å². The third-order valence-corrected chi connectivity index (χ3v) is 3.95. The van der Waals surface area contributed by atoms with Crippen LogP contribution in [0.25, 0.3) is 5.69 Å². The van der Waals surface area contributed by atoms with Crippen LogP contribution in [0.4, 0.5) is 0 Å². The maximum absolute atomic E-state index is 12.0. The second kappa shape index (κ2) is 6.50. The van der Waals surface area contributed by atoms with E-state index >= 15 is 0 Å². The predicted molar refractivity (Wildman–Crippen MR) is 85.1 cm³/mol. The van der Waals surface area contributed by atoms with Gasteiger partial charge in [-0.1, -0.05) is 0 Å². The number of hydrogen-bond acceptors (Lipinski definition) is 6. The summed E-state index contributed by atoms with van der Waals surface area (Å²) in [7, 11) is 1.56. The minimum atomic E-state index is -0.774. The number of furan rings is 1. The second-order valence-electron chi connectivity index (χ2n) is 4.57. The molecule has 2 amide bonds. The maximum atomic E-state index is 12.0. The molecule has 3 rings (SSSR count). The van der Waals surface area contributed by atoms with Crippen molar-refractivity contribution in [3.8, 4) is 11.4 Å². The minimum Gasteiger partial charge on any atom is -0.497 e. The molecule has 9 heteroatoms. The van der Waals surface area contributed by atoms with Gasteiger partial charge in [-0.2, -0.15) is 9.06 Å². The summed E-state index contributed by atoms with van der Waals surface area (Å²) in [5.41, 5.74) is 5.91. The maximum Gasteiger partial charge on any atom is 0.314 e. The van der Waals surface area contributed by atoms with Gasteiger partial charge in [0.2, 0.25) is 0 Å². The number of amides is 2. The highest BCUT2D eigenvalue weighted by Crippen LogP contribution is 2.15. The lowest BCUT2D eigenvalue weighted by atomic mass is 10.3. The predicted octanol–water partition coefficient (Wildman–Crippen LogP) is 1.38. The van der Waals surface area contributed by atoms with E-state index in [4.69, 9.17) is 14.9 Å². The van der Waals surface area contributed by atoms with Crippen LogP contribution in [0.3, 0.4) is 0 Å². The van der Waals surface area contributed by atoms with E-state index in [-0.39, 0.29) is 16.1 Å². The van der Waals surface area contributed by atoms with Crippen molar-refractivity contribution in [2.24, 2.45) is 10.7 Å². The Morgan fingerprint density at radius 3 is 2.62 bits per heavy atom. The van der Waals surface area contributed by atoms with E-state index < -0.39 is 11.8 Å². The van der Waals surface area contributed by atoms with E-state index in [1.165, 1.54) is 16.4 Å².